The first-order valence-electron chi connectivity index (χ1n) is 5.70. The lowest BCUT2D eigenvalue weighted by molar-refractivity contribution is 0.237. The Morgan fingerprint density at radius 1 is 1.53 bits per heavy atom. The number of nitrogens with one attached hydrogen (secondary N) is 2. The van der Waals surface area contributed by atoms with Crippen LogP contribution in [0.5, 0.6) is 0 Å². The second kappa shape index (κ2) is 7.24. The molecule has 6 heteroatoms. The summed E-state index contributed by atoms with van der Waals surface area (Å²) in [6.07, 6.45) is 0.571. The van der Waals surface area contributed by atoms with Crippen molar-refractivity contribution >= 4 is 17.4 Å². The largest absolute Gasteiger partial charge is 0.396 e. The summed E-state index contributed by atoms with van der Waals surface area (Å²) < 4.78 is 0. The molecular weight excluding hydrogens is 238 g/mol. The predicted molar refractivity (Wildman–Crippen MR) is 68.1 cm³/mol. The van der Waals surface area contributed by atoms with Crippen LogP contribution in [-0.2, 0) is 6.54 Å². The van der Waals surface area contributed by atoms with E-state index in [1.807, 2.05) is 5.38 Å². The third kappa shape index (κ3) is 5.14. The molecule has 2 amide bonds. The van der Waals surface area contributed by atoms with Gasteiger partial charge in [0.25, 0.3) is 0 Å². The van der Waals surface area contributed by atoms with Gasteiger partial charge in [0.1, 0.15) is 0 Å². The molecule has 17 heavy (non-hydrogen) atoms. The summed E-state index contributed by atoms with van der Waals surface area (Å²) in [7, 11) is 0. The monoisotopic (exact) mass is 257 g/mol. The Balaban J connectivity index is 2.27. The number of amides is 2. The van der Waals surface area contributed by atoms with Crippen LogP contribution in [0.3, 0.4) is 0 Å². The summed E-state index contributed by atoms with van der Waals surface area (Å²) in [5, 5.41) is 17.0. The van der Waals surface area contributed by atoms with E-state index in [0.717, 1.165) is 10.7 Å². The van der Waals surface area contributed by atoms with Gasteiger partial charge in [-0.2, -0.15) is 0 Å². The molecule has 0 aromatic carbocycles. The minimum Gasteiger partial charge on any atom is -0.396 e. The fourth-order valence-corrected chi connectivity index (χ4v) is 2.02. The number of nitrogens with zero attached hydrogens (tertiary/aromatic N) is 1. The summed E-state index contributed by atoms with van der Waals surface area (Å²) >= 11 is 1.61. The quantitative estimate of drug-likeness (QED) is 0.675. The van der Waals surface area contributed by atoms with Crippen LogP contribution in [-0.4, -0.2) is 29.3 Å². The highest BCUT2D eigenvalue weighted by molar-refractivity contribution is 7.09. The van der Waals surface area contributed by atoms with E-state index in [1.54, 1.807) is 11.3 Å². The van der Waals surface area contributed by atoms with Gasteiger partial charge in [-0.15, -0.1) is 11.3 Å². The van der Waals surface area contributed by atoms with Crippen LogP contribution in [0.1, 0.15) is 36.9 Å². The van der Waals surface area contributed by atoms with Gasteiger partial charge in [0.15, 0.2) is 0 Å². The number of carbonyl (C=O) groups is 1. The Morgan fingerprint density at radius 2 is 2.29 bits per heavy atom. The van der Waals surface area contributed by atoms with E-state index < -0.39 is 0 Å². The number of aliphatic hydroxyl groups excluding tert-OH is 1. The van der Waals surface area contributed by atoms with E-state index in [9.17, 15) is 4.79 Å². The zero-order valence-electron chi connectivity index (χ0n) is 10.2. The van der Waals surface area contributed by atoms with E-state index >= 15 is 0 Å². The van der Waals surface area contributed by atoms with E-state index in [2.05, 4.69) is 29.5 Å². The van der Waals surface area contributed by atoms with Crippen molar-refractivity contribution in [3.05, 3.63) is 16.1 Å². The SMILES string of the molecule is CC(C)c1nc(CNC(=O)NCCCO)cs1. The zero-order chi connectivity index (χ0) is 12.7. The minimum atomic E-state index is -0.224. The summed E-state index contributed by atoms with van der Waals surface area (Å²) in [4.78, 5) is 15.7. The smallest absolute Gasteiger partial charge is 0.315 e. The van der Waals surface area contributed by atoms with Crippen LogP contribution >= 0.6 is 11.3 Å². The molecule has 1 aromatic rings. The number of hydrogen-bond acceptors (Lipinski definition) is 4. The highest BCUT2D eigenvalue weighted by Crippen LogP contribution is 2.18. The zero-order valence-corrected chi connectivity index (χ0v) is 11.0. The Hall–Kier alpha value is -1.14. The lowest BCUT2D eigenvalue weighted by Crippen LogP contribution is -2.35. The number of aliphatic hydroxyl groups is 1. The van der Waals surface area contributed by atoms with Crippen molar-refractivity contribution in [1.29, 1.82) is 0 Å². The van der Waals surface area contributed by atoms with Gasteiger partial charge in [0.2, 0.25) is 0 Å². The molecule has 5 nitrogen and oxygen atoms in total. The van der Waals surface area contributed by atoms with Gasteiger partial charge < -0.3 is 15.7 Å². The number of aromatic nitrogens is 1. The van der Waals surface area contributed by atoms with Gasteiger partial charge in [-0.3, -0.25) is 0 Å². The highest BCUT2D eigenvalue weighted by Gasteiger charge is 2.06. The number of rotatable bonds is 6. The molecule has 0 radical (unpaired) electrons. The molecule has 0 saturated heterocycles. The van der Waals surface area contributed by atoms with Crippen molar-refractivity contribution < 1.29 is 9.90 Å². The van der Waals surface area contributed by atoms with Gasteiger partial charge >= 0.3 is 6.03 Å². The minimum absolute atomic E-state index is 0.0874. The molecule has 1 heterocycles. The fourth-order valence-electron chi connectivity index (χ4n) is 1.18. The summed E-state index contributed by atoms with van der Waals surface area (Å²) in [6, 6.07) is -0.224. The lowest BCUT2D eigenvalue weighted by Gasteiger charge is -2.05. The highest BCUT2D eigenvalue weighted by atomic mass is 32.1. The maximum absolute atomic E-state index is 11.3. The summed E-state index contributed by atoms with van der Waals surface area (Å²) in [5.74, 6) is 0.423. The number of thiazole rings is 1. The Bertz CT molecular complexity index is 352. The lowest BCUT2D eigenvalue weighted by atomic mass is 10.2. The first-order chi connectivity index (χ1) is 8.13. The van der Waals surface area contributed by atoms with Gasteiger partial charge in [-0.05, 0) is 6.42 Å². The maximum Gasteiger partial charge on any atom is 0.315 e. The normalized spacial score (nSPS) is 10.6. The second-order valence-corrected chi connectivity index (χ2v) is 4.91. The van der Waals surface area contributed by atoms with Gasteiger partial charge in [-0.25, -0.2) is 9.78 Å². The summed E-state index contributed by atoms with van der Waals surface area (Å²) in [6.45, 7) is 5.20. The van der Waals surface area contributed by atoms with E-state index in [1.165, 1.54) is 0 Å². The van der Waals surface area contributed by atoms with Crippen LogP contribution in [0.4, 0.5) is 4.79 Å². The molecule has 0 aliphatic heterocycles. The summed E-state index contributed by atoms with van der Waals surface area (Å²) in [5.41, 5.74) is 0.885. The number of carbonyl (C=O) groups excluding carboxylic acids is 1. The van der Waals surface area contributed by atoms with Crippen LogP contribution in [0.15, 0.2) is 5.38 Å². The topological polar surface area (TPSA) is 74.2 Å². The van der Waals surface area contributed by atoms with Crippen molar-refractivity contribution in [2.75, 3.05) is 13.2 Å². The first-order valence-corrected chi connectivity index (χ1v) is 6.58. The molecule has 0 atom stereocenters. The molecule has 0 unspecified atom stereocenters. The molecule has 1 rings (SSSR count). The third-order valence-corrected chi connectivity index (χ3v) is 3.31. The van der Waals surface area contributed by atoms with Gasteiger partial charge in [0.05, 0.1) is 17.2 Å². The first kappa shape index (κ1) is 13.9. The molecule has 0 fully saturated rings. The average molecular weight is 257 g/mol. The van der Waals surface area contributed by atoms with Crippen molar-refractivity contribution in [1.82, 2.24) is 15.6 Å². The molecule has 0 aliphatic carbocycles. The molecule has 0 bridgehead atoms. The van der Waals surface area contributed by atoms with Crippen molar-refractivity contribution in [2.24, 2.45) is 0 Å². The predicted octanol–water partition coefficient (Wildman–Crippen LogP) is 1.45. The molecule has 0 spiro atoms. The Kier molecular flexibility index (Phi) is 5.93. The molecule has 0 saturated carbocycles. The van der Waals surface area contributed by atoms with Crippen molar-refractivity contribution in [3.63, 3.8) is 0 Å². The van der Waals surface area contributed by atoms with Crippen molar-refractivity contribution in [3.8, 4) is 0 Å². The second-order valence-electron chi connectivity index (χ2n) is 4.02. The molecular formula is C11H19N3O2S. The van der Waals surface area contributed by atoms with E-state index in [-0.39, 0.29) is 12.6 Å². The van der Waals surface area contributed by atoms with Crippen LogP contribution in [0.25, 0.3) is 0 Å². The van der Waals surface area contributed by atoms with E-state index in [0.29, 0.717) is 25.4 Å². The molecule has 96 valence electrons. The molecule has 3 N–H and O–H groups in total. The maximum atomic E-state index is 11.3. The number of urea groups is 1. The van der Waals surface area contributed by atoms with Gasteiger partial charge in [-0.1, -0.05) is 13.8 Å². The number of hydrogen-bond donors (Lipinski definition) is 3. The standard InChI is InChI=1S/C11H19N3O2S/c1-8(2)10-14-9(7-17-10)6-13-11(16)12-4-3-5-15/h7-8,15H,3-6H2,1-2H3,(H2,12,13,16). The Morgan fingerprint density at radius 3 is 2.88 bits per heavy atom. The van der Waals surface area contributed by atoms with Crippen molar-refractivity contribution in [2.45, 2.75) is 32.7 Å². The van der Waals surface area contributed by atoms with Gasteiger partial charge in [0, 0.05) is 24.4 Å². The average Bonchev–Trinajstić information content (AvgIpc) is 2.75. The van der Waals surface area contributed by atoms with Crippen LogP contribution in [0.2, 0.25) is 0 Å². The van der Waals surface area contributed by atoms with E-state index in [4.69, 9.17) is 5.11 Å². The van der Waals surface area contributed by atoms with Crippen LogP contribution in [0, 0.1) is 0 Å². The fraction of sp³-hybridized carbons (Fsp3) is 0.636. The third-order valence-electron chi connectivity index (χ3n) is 2.11. The van der Waals surface area contributed by atoms with Crippen LogP contribution < -0.4 is 10.6 Å². The Labute approximate surface area is 105 Å². The molecule has 1 aromatic heterocycles. The molecule has 0 aliphatic rings.